The highest BCUT2D eigenvalue weighted by Gasteiger charge is 2.32. The van der Waals surface area contributed by atoms with Gasteiger partial charge in [0.05, 0.1) is 35.3 Å². The van der Waals surface area contributed by atoms with Gasteiger partial charge in [0.2, 0.25) is 20.0 Å². The molecule has 0 radical (unpaired) electrons. The van der Waals surface area contributed by atoms with E-state index in [-0.39, 0.29) is 58.8 Å². The lowest BCUT2D eigenvalue weighted by atomic mass is 10.0. The number of thiazole rings is 2. The fourth-order valence-electron chi connectivity index (χ4n) is 7.27. The first kappa shape index (κ1) is 44.9. The fourth-order valence-corrected chi connectivity index (χ4v) is 11.9. The third-order valence-electron chi connectivity index (χ3n) is 10.8. The molecular formula is C43H41F2N7O8S4. The maximum absolute atomic E-state index is 15.1. The van der Waals surface area contributed by atoms with Gasteiger partial charge in [-0.15, -0.1) is 0 Å². The van der Waals surface area contributed by atoms with E-state index < -0.39 is 44.3 Å². The first-order valence-electron chi connectivity index (χ1n) is 20.1. The average Bonchev–Trinajstić information content (AvgIpc) is 4.02. The van der Waals surface area contributed by atoms with Gasteiger partial charge < -0.3 is 14.5 Å². The maximum Gasteiger partial charge on any atom is 0.350 e. The van der Waals surface area contributed by atoms with Crippen molar-refractivity contribution in [3.05, 3.63) is 130 Å². The summed E-state index contributed by atoms with van der Waals surface area (Å²) in [5, 5.41) is 12.3. The molecule has 4 aromatic carbocycles. The molecule has 2 saturated heterocycles. The smallest absolute Gasteiger partial charge is 0.350 e. The highest BCUT2D eigenvalue weighted by molar-refractivity contribution is 7.89. The first-order chi connectivity index (χ1) is 30.7. The van der Waals surface area contributed by atoms with Gasteiger partial charge in [0.15, 0.2) is 10.3 Å². The quantitative estimate of drug-likeness (QED) is 0.0764. The van der Waals surface area contributed by atoms with Crippen molar-refractivity contribution in [1.29, 1.82) is 0 Å². The minimum atomic E-state index is -3.85. The number of hydroxylamine groups is 2. The van der Waals surface area contributed by atoms with Crippen LogP contribution in [0.2, 0.25) is 0 Å². The lowest BCUT2D eigenvalue weighted by molar-refractivity contribution is -0.0650. The molecule has 2 aliphatic rings. The van der Waals surface area contributed by atoms with Crippen LogP contribution in [-0.2, 0) is 31.3 Å². The second-order valence-corrected chi connectivity index (χ2v) is 20.6. The molecule has 0 unspecified atom stereocenters. The minimum absolute atomic E-state index is 0.0182. The summed E-state index contributed by atoms with van der Waals surface area (Å²) in [6.45, 7) is 3.60. The lowest BCUT2D eigenvalue weighted by Gasteiger charge is -2.33. The molecule has 0 atom stereocenters. The molecule has 0 aliphatic carbocycles. The molecule has 1 amide bonds. The zero-order valence-corrected chi connectivity index (χ0v) is 37.5. The number of carbonyl (C=O) groups excluding carboxylic acids is 2. The molecule has 334 valence electrons. The Balaban J connectivity index is 0.847. The fraction of sp³-hybridized carbons (Fsp3) is 0.256. The second-order valence-electron chi connectivity index (χ2n) is 14.7. The Morgan fingerprint density at radius 1 is 0.656 bits per heavy atom. The van der Waals surface area contributed by atoms with Crippen LogP contribution in [0.15, 0.2) is 113 Å². The molecule has 4 heterocycles. The predicted molar refractivity (Wildman–Crippen MR) is 237 cm³/mol. The highest BCUT2D eigenvalue weighted by Crippen LogP contribution is 2.31. The van der Waals surface area contributed by atoms with Gasteiger partial charge in [0, 0.05) is 57.9 Å². The molecule has 0 spiro atoms. The van der Waals surface area contributed by atoms with E-state index in [1.165, 1.54) is 86.9 Å². The normalized spacial score (nSPS) is 15.3. The van der Waals surface area contributed by atoms with E-state index in [0.29, 0.717) is 57.5 Å². The molecular weight excluding hydrogens is 909 g/mol. The van der Waals surface area contributed by atoms with Crippen molar-refractivity contribution >= 4 is 64.9 Å². The number of nitrogens with zero attached hydrogens (tertiary/aromatic N) is 7. The number of halogens is 2. The number of esters is 1. The van der Waals surface area contributed by atoms with Gasteiger partial charge in [0.1, 0.15) is 21.4 Å². The highest BCUT2D eigenvalue weighted by atomic mass is 32.2. The Labute approximate surface area is 376 Å². The first-order valence-corrected chi connectivity index (χ1v) is 24.6. The molecule has 0 saturated carbocycles. The number of sulfonamides is 2. The molecule has 21 heteroatoms. The van der Waals surface area contributed by atoms with E-state index in [0.717, 1.165) is 22.5 Å². The Morgan fingerprint density at radius 3 is 1.59 bits per heavy atom. The molecule has 64 heavy (non-hydrogen) atoms. The SMILES string of the molecule is CCOC(=O)c1cnc(N2CCN(S(=O)(=O)c3ccc(-c4ccc(F)c(CN(O)C(=O)c5cnc(N6CCN(S(=O)(=O)c7ccc(-c8ccc(F)cc8)cc7)CC6)s5)c4)cc3)CC2)s1. The van der Waals surface area contributed by atoms with E-state index in [4.69, 9.17) is 4.74 Å². The van der Waals surface area contributed by atoms with Crippen LogP contribution in [0.3, 0.4) is 0 Å². The molecule has 1 N–H and O–H groups in total. The Bertz CT molecular complexity index is 2860. The van der Waals surface area contributed by atoms with E-state index in [1.54, 1.807) is 43.3 Å². The third kappa shape index (κ3) is 9.55. The molecule has 15 nitrogen and oxygen atoms in total. The number of hydrogen-bond acceptors (Lipinski definition) is 14. The van der Waals surface area contributed by atoms with Gasteiger partial charge in [-0.25, -0.2) is 45.4 Å². The predicted octanol–water partition coefficient (Wildman–Crippen LogP) is 6.44. The van der Waals surface area contributed by atoms with Gasteiger partial charge >= 0.3 is 5.97 Å². The van der Waals surface area contributed by atoms with E-state index >= 15 is 4.39 Å². The number of amides is 1. The molecule has 0 bridgehead atoms. The van der Waals surface area contributed by atoms with Crippen LogP contribution in [0.4, 0.5) is 19.0 Å². The van der Waals surface area contributed by atoms with Crippen LogP contribution >= 0.6 is 22.7 Å². The summed E-state index contributed by atoms with van der Waals surface area (Å²) < 4.78 is 90.2. The summed E-state index contributed by atoms with van der Waals surface area (Å²) in [7, 11) is -7.65. The average molecular weight is 950 g/mol. The van der Waals surface area contributed by atoms with Gasteiger partial charge in [0.25, 0.3) is 5.91 Å². The van der Waals surface area contributed by atoms with Crippen molar-refractivity contribution in [1.82, 2.24) is 23.6 Å². The van der Waals surface area contributed by atoms with Crippen molar-refractivity contribution in [3.8, 4) is 22.3 Å². The van der Waals surface area contributed by atoms with Crippen LogP contribution < -0.4 is 9.80 Å². The van der Waals surface area contributed by atoms with E-state index in [2.05, 4.69) is 9.97 Å². The second kappa shape index (κ2) is 18.8. The number of benzene rings is 4. The summed E-state index contributed by atoms with van der Waals surface area (Å²) in [6, 6.07) is 22.7. The molecule has 6 aromatic rings. The van der Waals surface area contributed by atoms with Crippen LogP contribution in [0.1, 0.15) is 31.8 Å². The van der Waals surface area contributed by atoms with Crippen LogP contribution in [-0.4, -0.2) is 117 Å². The van der Waals surface area contributed by atoms with E-state index in [1.807, 2.05) is 9.80 Å². The van der Waals surface area contributed by atoms with Crippen molar-refractivity contribution in [2.75, 3.05) is 68.8 Å². The van der Waals surface area contributed by atoms with E-state index in [9.17, 15) is 36.0 Å². The van der Waals surface area contributed by atoms with Gasteiger partial charge in [-0.1, -0.05) is 65.1 Å². The Kier molecular flexibility index (Phi) is 13.2. The minimum Gasteiger partial charge on any atom is -0.462 e. The number of hydrogen-bond donors (Lipinski definition) is 1. The van der Waals surface area contributed by atoms with Crippen LogP contribution in [0, 0.1) is 11.6 Å². The van der Waals surface area contributed by atoms with Crippen LogP contribution in [0.25, 0.3) is 22.3 Å². The zero-order chi connectivity index (χ0) is 45.2. The van der Waals surface area contributed by atoms with Crippen molar-refractivity contribution < 1.29 is 45.1 Å². The Hall–Kier alpha value is -5.68. The number of anilines is 2. The maximum atomic E-state index is 15.1. The van der Waals surface area contributed by atoms with Crippen molar-refractivity contribution in [2.45, 2.75) is 23.3 Å². The molecule has 2 fully saturated rings. The zero-order valence-electron chi connectivity index (χ0n) is 34.2. The number of rotatable bonds is 13. The summed E-state index contributed by atoms with van der Waals surface area (Å²) >= 11 is 2.21. The summed E-state index contributed by atoms with van der Waals surface area (Å²) in [5.74, 6) is -2.28. The van der Waals surface area contributed by atoms with Gasteiger partial charge in [-0.3, -0.25) is 10.0 Å². The van der Waals surface area contributed by atoms with Crippen molar-refractivity contribution in [2.24, 2.45) is 0 Å². The van der Waals surface area contributed by atoms with Crippen molar-refractivity contribution in [3.63, 3.8) is 0 Å². The summed E-state index contributed by atoms with van der Waals surface area (Å²) in [4.78, 5) is 38.5. The molecule has 2 aromatic heterocycles. The summed E-state index contributed by atoms with van der Waals surface area (Å²) in [5.41, 5.74) is 2.64. The van der Waals surface area contributed by atoms with Gasteiger partial charge in [-0.05, 0) is 77.7 Å². The van der Waals surface area contributed by atoms with Gasteiger partial charge in [-0.2, -0.15) is 8.61 Å². The Morgan fingerprint density at radius 2 is 1.09 bits per heavy atom. The largest absolute Gasteiger partial charge is 0.462 e. The third-order valence-corrected chi connectivity index (χ3v) is 16.7. The summed E-state index contributed by atoms with van der Waals surface area (Å²) in [6.07, 6.45) is 2.77. The van der Waals surface area contributed by atoms with Crippen LogP contribution in [0.5, 0.6) is 0 Å². The number of piperazine rings is 2. The molecule has 8 rings (SSSR count). The topological polar surface area (TPSA) is 174 Å². The standard InChI is InChI=1S/C43H41F2N7O8S4/c1-2-60-41(54)39-27-47-43(62-39)49-19-23-51(24-20-49)64(58,59)36-14-7-31(8-15-36)32-9-16-37(45)33(25-32)28-52(55)40(53)38-26-46-42(61-38)48-17-21-50(22-18-48)63(56,57)35-12-5-30(6-13-35)29-3-10-34(44)11-4-29/h3-16,25-27,55H,2,17-24,28H2,1H3. The monoisotopic (exact) mass is 949 g/mol. The lowest BCUT2D eigenvalue weighted by Crippen LogP contribution is -2.48. The molecule has 2 aliphatic heterocycles. The number of aromatic nitrogens is 2. The number of ether oxygens (including phenoxy) is 1. The number of carbonyl (C=O) groups is 2.